The van der Waals surface area contributed by atoms with Crippen LogP contribution in [0, 0.1) is 6.92 Å². The smallest absolute Gasteiger partial charge is 0.254 e. The van der Waals surface area contributed by atoms with Gasteiger partial charge in [-0.25, -0.2) is 4.98 Å². The van der Waals surface area contributed by atoms with Crippen molar-refractivity contribution in [2.75, 3.05) is 39.4 Å². The van der Waals surface area contributed by atoms with Crippen molar-refractivity contribution in [1.82, 2.24) is 20.4 Å². The van der Waals surface area contributed by atoms with E-state index in [9.17, 15) is 4.79 Å². The number of amides is 1. The van der Waals surface area contributed by atoms with Gasteiger partial charge >= 0.3 is 0 Å². The van der Waals surface area contributed by atoms with E-state index in [-0.39, 0.29) is 5.91 Å². The lowest BCUT2D eigenvalue weighted by molar-refractivity contribution is 0.0372. The molecule has 1 N–H and O–H groups in total. The zero-order valence-corrected chi connectivity index (χ0v) is 16.5. The standard InChI is InChI=1S/C19H26N4O3S/c1-15-13-16(22-26-15)14-27-19-17(5-4-7-21-19)18(24)20-6-2-3-8-23-9-11-25-12-10-23/h4-5,7,13H,2-3,6,8-12,14H2,1H3,(H,20,24). The summed E-state index contributed by atoms with van der Waals surface area (Å²) in [6.45, 7) is 7.26. The number of rotatable bonds is 9. The molecule has 0 aliphatic carbocycles. The van der Waals surface area contributed by atoms with E-state index >= 15 is 0 Å². The number of aromatic nitrogens is 2. The first-order chi connectivity index (χ1) is 13.2. The SMILES string of the molecule is Cc1cc(CSc2ncccc2C(=O)NCCCCN2CCOCC2)no1. The van der Waals surface area contributed by atoms with E-state index in [0.29, 0.717) is 22.9 Å². The lowest BCUT2D eigenvalue weighted by atomic mass is 10.2. The lowest BCUT2D eigenvalue weighted by Crippen LogP contribution is -2.37. The predicted molar refractivity (Wildman–Crippen MR) is 104 cm³/mol. The summed E-state index contributed by atoms with van der Waals surface area (Å²) < 4.78 is 10.4. The van der Waals surface area contributed by atoms with Gasteiger partial charge in [-0.3, -0.25) is 9.69 Å². The van der Waals surface area contributed by atoms with Gasteiger partial charge in [0.2, 0.25) is 0 Å². The van der Waals surface area contributed by atoms with Crippen molar-refractivity contribution in [2.24, 2.45) is 0 Å². The molecule has 7 nitrogen and oxygen atoms in total. The van der Waals surface area contributed by atoms with Gasteiger partial charge in [0.05, 0.1) is 24.5 Å². The quantitative estimate of drug-likeness (QED) is 0.520. The third-order valence-electron chi connectivity index (χ3n) is 4.34. The van der Waals surface area contributed by atoms with Crippen LogP contribution in [0.3, 0.4) is 0 Å². The highest BCUT2D eigenvalue weighted by atomic mass is 32.2. The van der Waals surface area contributed by atoms with Gasteiger partial charge in [0, 0.05) is 37.7 Å². The Morgan fingerprint density at radius 1 is 1.33 bits per heavy atom. The van der Waals surface area contributed by atoms with Crippen LogP contribution < -0.4 is 5.32 Å². The Labute approximate surface area is 163 Å². The first-order valence-corrected chi connectivity index (χ1v) is 10.3. The number of ether oxygens (including phenoxy) is 1. The molecule has 0 bridgehead atoms. The summed E-state index contributed by atoms with van der Waals surface area (Å²) in [5.74, 6) is 1.32. The van der Waals surface area contributed by atoms with Crippen molar-refractivity contribution < 1.29 is 14.1 Å². The summed E-state index contributed by atoms with van der Waals surface area (Å²) in [6.07, 6.45) is 3.74. The molecule has 0 atom stereocenters. The van der Waals surface area contributed by atoms with Crippen LogP contribution in [0.5, 0.6) is 0 Å². The number of nitrogens with zero attached hydrogens (tertiary/aromatic N) is 3. The van der Waals surface area contributed by atoms with Crippen molar-refractivity contribution in [1.29, 1.82) is 0 Å². The molecule has 2 aromatic rings. The number of unbranched alkanes of at least 4 members (excludes halogenated alkanes) is 1. The molecule has 2 aromatic heterocycles. The summed E-state index contributed by atoms with van der Waals surface area (Å²) in [5.41, 5.74) is 1.45. The number of morpholine rings is 1. The highest BCUT2D eigenvalue weighted by molar-refractivity contribution is 7.98. The summed E-state index contributed by atoms with van der Waals surface area (Å²) in [5, 5.41) is 7.70. The van der Waals surface area contributed by atoms with E-state index in [4.69, 9.17) is 9.26 Å². The molecule has 1 aliphatic heterocycles. The Hall–Kier alpha value is -1.90. The molecular formula is C19H26N4O3S. The van der Waals surface area contributed by atoms with E-state index in [1.54, 1.807) is 12.3 Å². The lowest BCUT2D eigenvalue weighted by Gasteiger charge is -2.26. The Morgan fingerprint density at radius 3 is 2.96 bits per heavy atom. The minimum Gasteiger partial charge on any atom is -0.379 e. The van der Waals surface area contributed by atoms with E-state index in [1.165, 1.54) is 11.8 Å². The maximum Gasteiger partial charge on any atom is 0.254 e. The summed E-state index contributed by atoms with van der Waals surface area (Å²) >= 11 is 1.49. The molecule has 27 heavy (non-hydrogen) atoms. The molecule has 0 unspecified atom stereocenters. The van der Waals surface area contributed by atoms with Gasteiger partial charge in [-0.15, -0.1) is 0 Å². The minimum atomic E-state index is -0.0756. The van der Waals surface area contributed by atoms with Gasteiger partial charge in [0.25, 0.3) is 5.91 Å². The number of pyridine rings is 1. The number of hydrogen-bond acceptors (Lipinski definition) is 7. The molecule has 0 saturated carbocycles. The van der Waals surface area contributed by atoms with Crippen LogP contribution in [0.1, 0.15) is 34.7 Å². The largest absolute Gasteiger partial charge is 0.379 e. The Morgan fingerprint density at radius 2 is 2.19 bits per heavy atom. The van der Waals surface area contributed by atoms with Crippen LogP contribution in [0.4, 0.5) is 0 Å². The molecule has 1 aliphatic rings. The normalized spacial score (nSPS) is 15.0. The second-order valence-electron chi connectivity index (χ2n) is 6.49. The maximum absolute atomic E-state index is 12.5. The number of hydrogen-bond donors (Lipinski definition) is 1. The van der Waals surface area contributed by atoms with E-state index < -0.39 is 0 Å². The molecule has 1 saturated heterocycles. The van der Waals surface area contributed by atoms with Crippen molar-refractivity contribution in [3.63, 3.8) is 0 Å². The van der Waals surface area contributed by atoms with Gasteiger partial charge < -0.3 is 14.6 Å². The van der Waals surface area contributed by atoms with Crippen LogP contribution in [0.2, 0.25) is 0 Å². The van der Waals surface area contributed by atoms with Crippen LogP contribution in [0.15, 0.2) is 33.9 Å². The summed E-state index contributed by atoms with van der Waals surface area (Å²) in [4.78, 5) is 19.3. The third-order valence-corrected chi connectivity index (χ3v) is 5.38. The molecular weight excluding hydrogens is 364 g/mol. The number of thioether (sulfide) groups is 1. The molecule has 1 amide bonds. The van der Waals surface area contributed by atoms with Crippen molar-refractivity contribution in [3.05, 3.63) is 41.4 Å². The molecule has 1 fully saturated rings. The average molecular weight is 391 g/mol. The van der Waals surface area contributed by atoms with Gasteiger partial charge in [-0.05, 0) is 38.4 Å². The van der Waals surface area contributed by atoms with Crippen molar-refractivity contribution in [2.45, 2.75) is 30.5 Å². The van der Waals surface area contributed by atoms with Crippen LogP contribution >= 0.6 is 11.8 Å². The Bertz CT molecular complexity index is 731. The number of carbonyl (C=O) groups is 1. The Balaban J connectivity index is 1.42. The Kier molecular flexibility index (Phi) is 7.67. The highest BCUT2D eigenvalue weighted by Gasteiger charge is 2.14. The van der Waals surface area contributed by atoms with Gasteiger partial charge in [0.1, 0.15) is 10.8 Å². The molecule has 0 spiro atoms. The van der Waals surface area contributed by atoms with Gasteiger partial charge in [-0.2, -0.15) is 0 Å². The fourth-order valence-corrected chi connectivity index (χ4v) is 3.76. The monoisotopic (exact) mass is 390 g/mol. The summed E-state index contributed by atoms with van der Waals surface area (Å²) in [7, 11) is 0. The fraction of sp³-hybridized carbons (Fsp3) is 0.526. The molecule has 8 heteroatoms. The van der Waals surface area contributed by atoms with Crippen molar-refractivity contribution in [3.8, 4) is 0 Å². The first-order valence-electron chi connectivity index (χ1n) is 9.30. The zero-order chi connectivity index (χ0) is 18.9. The van der Waals surface area contributed by atoms with E-state index in [0.717, 1.165) is 57.1 Å². The number of aryl methyl sites for hydroxylation is 1. The molecule has 0 aromatic carbocycles. The fourth-order valence-electron chi connectivity index (χ4n) is 2.89. The molecule has 3 heterocycles. The zero-order valence-electron chi connectivity index (χ0n) is 15.6. The minimum absolute atomic E-state index is 0.0756. The topological polar surface area (TPSA) is 80.5 Å². The molecule has 0 radical (unpaired) electrons. The number of carbonyl (C=O) groups excluding carboxylic acids is 1. The average Bonchev–Trinajstić information content (AvgIpc) is 3.12. The molecule has 3 rings (SSSR count). The van der Waals surface area contributed by atoms with Gasteiger partial charge in [-0.1, -0.05) is 16.9 Å². The van der Waals surface area contributed by atoms with E-state index in [1.807, 2.05) is 19.1 Å². The van der Waals surface area contributed by atoms with Crippen LogP contribution in [-0.2, 0) is 10.5 Å². The second-order valence-corrected chi connectivity index (χ2v) is 7.45. The molecule has 146 valence electrons. The van der Waals surface area contributed by atoms with Crippen LogP contribution in [-0.4, -0.2) is 60.3 Å². The van der Waals surface area contributed by atoms with Gasteiger partial charge in [0.15, 0.2) is 0 Å². The maximum atomic E-state index is 12.5. The first kappa shape index (κ1) is 19.9. The highest BCUT2D eigenvalue weighted by Crippen LogP contribution is 2.24. The number of nitrogens with one attached hydrogen (secondary N) is 1. The summed E-state index contributed by atoms with van der Waals surface area (Å²) in [6, 6.07) is 5.49. The van der Waals surface area contributed by atoms with Crippen LogP contribution in [0.25, 0.3) is 0 Å². The van der Waals surface area contributed by atoms with E-state index in [2.05, 4.69) is 20.4 Å². The third kappa shape index (κ3) is 6.34. The predicted octanol–water partition coefficient (Wildman–Crippen LogP) is 2.51. The van der Waals surface area contributed by atoms with Crippen molar-refractivity contribution >= 4 is 17.7 Å². The second kappa shape index (κ2) is 10.4.